The molecule has 2 rings (SSSR count). The van der Waals surface area contributed by atoms with Crippen molar-refractivity contribution in [2.24, 2.45) is 0 Å². The number of benzene rings is 1. The predicted octanol–water partition coefficient (Wildman–Crippen LogP) is 1.59. The summed E-state index contributed by atoms with van der Waals surface area (Å²) in [5.74, 6) is -0.884. The smallest absolute Gasteiger partial charge is 0.341 e. The largest absolute Gasteiger partial charge is 0.506 e. The topological polar surface area (TPSA) is 76.7 Å². The molecule has 2 aromatic rings. The second-order valence-corrected chi connectivity index (χ2v) is 3.57. The Morgan fingerprint density at radius 2 is 2.12 bits per heavy atom. The van der Waals surface area contributed by atoms with E-state index < -0.39 is 11.6 Å². The summed E-state index contributed by atoms with van der Waals surface area (Å²) < 4.78 is 9.46. The molecule has 0 aliphatic heterocycles. The van der Waals surface area contributed by atoms with Gasteiger partial charge in [0.1, 0.15) is 16.9 Å². The van der Waals surface area contributed by atoms with Gasteiger partial charge in [-0.2, -0.15) is 0 Å². The van der Waals surface area contributed by atoms with E-state index in [0.717, 1.165) is 0 Å². The standard InChI is InChI=1S/C12H10O5/c1-6-5-9(13)17-8-4-3-7(12(15)16-2)11(14)10(6)8/h3-5,14H,1-2H3. The van der Waals surface area contributed by atoms with Gasteiger partial charge < -0.3 is 14.3 Å². The van der Waals surface area contributed by atoms with E-state index in [1.165, 1.54) is 25.3 Å². The molecule has 0 saturated carbocycles. The zero-order valence-corrected chi connectivity index (χ0v) is 9.31. The molecule has 0 fully saturated rings. The van der Waals surface area contributed by atoms with Crippen molar-refractivity contribution < 1.29 is 19.1 Å². The van der Waals surface area contributed by atoms with Crippen molar-refractivity contribution in [3.63, 3.8) is 0 Å². The van der Waals surface area contributed by atoms with Crippen molar-refractivity contribution in [3.8, 4) is 5.75 Å². The van der Waals surface area contributed by atoms with Gasteiger partial charge in [-0.05, 0) is 24.6 Å². The van der Waals surface area contributed by atoms with E-state index in [1.807, 2.05) is 0 Å². The van der Waals surface area contributed by atoms with Gasteiger partial charge in [0.05, 0.1) is 12.5 Å². The molecule has 0 bridgehead atoms. The maximum Gasteiger partial charge on any atom is 0.341 e. The summed E-state index contributed by atoms with van der Waals surface area (Å²) in [6, 6.07) is 4.06. The summed E-state index contributed by atoms with van der Waals surface area (Å²) in [7, 11) is 1.23. The van der Waals surface area contributed by atoms with Gasteiger partial charge in [0, 0.05) is 6.07 Å². The number of phenolic OH excluding ortho intramolecular Hbond substituents is 1. The molecule has 1 heterocycles. The number of carbonyl (C=O) groups excluding carboxylic acids is 1. The van der Waals surface area contributed by atoms with Crippen LogP contribution in [0.15, 0.2) is 27.4 Å². The van der Waals surface area contributed by atoms with Gasteiger partial charge in [-0.1, -0.05) is 0 Å². The minimum Gasteiger partial charge on any atom is -0.506 e. The Labute approximate surface area is 96.2 Å². The summed E-state index contributed by atoms with van der Waals surface area (Å²) in [6.07, 6.45) is 0. The lowest BCUT2D eigenvalue weighted by molar-refractivity contribution is 0.0598. The molecule has 0 amide bonds. The number of ether oxygens (including phenoxy) is 1. The molecule has 0 spiro atoms. The highest BCUT2D eigenvalue weighted by Crippen LogP contribution is 2.30. The number of fused-ring (bicyclic) bond motifs is 1. The highest BCUT2D eigenvalue weighted by Gasteiger charge is 2.16. The summed E-state index contributed by atoms with van der Waals surface area (Å²) in [5, 5.41) is 10.3. The molecule has 17 heavy (non-hydrogen) atoms. The first-order valence-corrected chi connectivity index (χ1v) is 4.89. The Morgan fingerprint density at radius 3 is 2.76 bits per heavy atom. The van der Waals surface area contributed by atoms with E-state index in [0.29, 0.717) is 10.9 Å². The van der Waals surface area contributed by atoms with Crippen molar-refractivity contribution >= 4 is 16.9 Å². The highest BCUT2D eigenvalue weighted by atomic mass is 16.5. The van der Waals surface area contributed by atoms with Crippen LogP contribution in [0.1, 0.15) is 15.9 Å². The lowest BCUT2D eigenvalue weighted by Gasteiger charge is -2.07. The Hall–Kier alpha value is -2.30. The molecule has 0 aliphatic rings. The van der Waals surface area contributed by atoms with Gasteiger partial charge in [0.2, 0.25) is 0 Å². The van der Waals surface area contributed by atoms with Crippen LogP contribution in [0.3, 0.4) is 0 Å². The quantitative estimate of drug-likeness (QED) is 0.599. The first kappa shape index (κ1) is 11.2. The van der Waals surface area contributed by atoms with Crippen LogP contribution in [0, 0.1) is 6.92 Å². The number of hydrogen-bond acceptors (Lipinski definition) is 5. The number of carbonyl (C=O) groups is 1. The van der Waals surface area contributed by atoms with E-state index in [2.05, 4.69) is 4.74 Å². The second-order valence-electron chi connectivity index (χ2n) is 3.57. The first-order valence-electron chi connectivity index (χ1n) is 4.89. The first-order chi connectivity index (χ1) is 8.04. The van der Waals surface area contributed by atoms with Crippen LogP contribution in [0.5, 0.6) is 5.75 Å². The third-order valence-corrected chi connectivity index (χ3v) is 2.48. The molecule has 0 unspecified atom stereocenters. The van der Waals surface area contributed by atoms with Gasteiger partial charge >= 0.3 is 11.6 Å². The number of methoxy groups -OCH3 is 1. The Bertz CT molecular complexity index is 654. The molecule has 0 atom stereocenters. The number of rotatable bonds is 1. The third-order valence-electron chi connectivity index (χ3n) is 2.48. The van der Waals surface area contributed by atoms with E-state index in [-0.39, 0.29) is 16.9 Å². The fourth-order valence-electron chi connectivity index (χ4n) is 1.70. The average molecular weight is 234 g/mol. The van der Waals surface area contributed by atoms with Crippen molar-refractivity contribution in [2.75, 3.05) is 7.11 Å². The monoisotopic (exact) mass is 234 g/mol. The lowest BCUT2D eigenvalue weighted by atomic mass is 10.1. The molecule has 1 N–H and O–H groups in total. The summed E-state index contributed by atoms with van der Waals surface area (Å²) in [4.78, 5) is 22.5. The second kappa shape index (κ2) is 3.93. The molecule has 0 aliphatic carbocycles. The molecule has 1 aromatic carbocycles. The van der Waals surface area contributed by atoms with E-state index in [9.17, 15) is 14.7 Å². The maximum absolute atomic E-state index is 11.4. The fraction of sp³-hybridized carbons (Fsp3) is 0.167. The van der Waals surface area contributed by atoms with Crippen LogP contribution in [-0.4, -0.2) is 18.2 Å². The number of phenols is 1. The molecule has 88 valence electrons. The molecule has 0 saturated heterocycles. The average Bonchev–Trinajstić information content (AvgIpc) is 2.27. The van der Waals surface area contributed by atoms with Gasteiger partial charge in [-0.15, -0.1) is 0 Å². The Morgan fingerprint density at radius 1 is 1.41 bits per heavy atom. The fourth-order valence-corrected chi connectivity index (χ4v) is 1.70. The zero-order chi connectivity index (χ0) is 12.6. The zero-order valence-electron chi connectivity index (χ0n) is 9.31. The van der Waals surface area contributed by atoms with E-state index in [1.54, 1.807) is 6.92 Å². The van der Waals surface area contributed by atoms with Crippen LogP contribution in [0.25, 0.3) is 11.0 Å². The number of aromatic hydroxyl groups is 1. The molecule has 5 nitrogen and oxygen atoms in total. The van der Waals surface area contributed by atoms with E-state index >= 15 is 0 Å². The van der Waals surface area contributed by atoms with E-state index in [4.69, 9.17) is 4.42 Å². The molecular formula is C12H10O5. The Kier molecular flexibility index (Phi) is 2.59. The van der Waals surface area contributed by atoms with Crippen LogP contribution >= 0.6 is 0 Å². The normalized spacial score (nSPS) is 10.5. The van der Waals surface area contributed by atoms with Crippen molar-refractivity contribution in [2.45, 2.75) is 6.92 Å². The third kappa shape index (κ3) is 1.75. The molecular weight excluding hydrogens is 224 g/mol. The van der Waals surface area contributed by atoms with Crippen LogP contribution < -0.4 is 5.63 Å². The Balaban J connectivity index is 2.84. The van der Waals surface area contributed by atoms with Crippen molar-refractivity contribution in [1.29, 1.82) is 0 Å². The SMILES string of the molecule is COC(=O)c1ccc2oc(=O)cc(C)c2c1O. The van der Waals surface area contributed by atoms with Gasteiger partial charge in [-0.25, -0.2) is 9.59 Å². The van der Waals surface area contributed by atoms with Crippen LogP contribution in [0.2, 0.25) is 0 Å². The van der Waals surface area contributed by atoms with Crippen LogP contribution in [0.4, 0.5) is 0 Å². The lowest BCUT2D eigenvalue weighted by Crippen LogP contribution is -2.03. The number of aryl methyl sites for hydroxylation is 1. The minimum atomic E-state index is -0.644. The summed E-state index contributed by atoms with van der Waals surface area (Å²) >= 11 is 0. The predicted molar refractivity (Wildman–Crippen MR) is 60.2 cm³/mol. The van der Waals surface area contributed by atoms with Crippen molar-refractivity contribution in [3.05, 3.63) is 39.7 Å². The minimum absolute atomic E-state index is 0.0388. The number of hydrogen-bond donors (Lipinski definition) is 1. The van der Waals surface area contributed by atoms with Gasteiger partial charge in [0.15, 0.2) is 0 Å². The highest BCUT2D eigenvalue weighted by molar-refractivity contribution is 6.00. The number of esters is 1. The summed E-state index contributed by atoms with van der Waals surface area (Å²) in [5.41, 5.74) is 0.317. The molecule has 5 heteroatoms. The van der Waals surface area contributed by atoms with Crippen molar-refractivity contribution in [1.82, 2.24) is 0 Å². The summed E-state index contributed by atoms with van der Waals surface area (Å²) in [6.45, 7) is 1.65. The maximum atomic E-state index is 11.4. The van der Waals surface area contributed by atoms with Gasteiger partial charge in [0.25, 0.3) is 0 Å². The van der Waals surface area contributed by atoms with Crippen LogP contribution in [-0.2, 0) is 4.74 Å². The van der Waals surface area contributed by atoms with Gasteiger partial charge in [-0.3, -0.25) is 0 Å². The molecule has 1 aromatic heterocycles. The molecule has 0 radical (unpaired) electrons.